The Hall–Kier alpha value is -3.46. The maximum Gasteiger partial charge on any atom is 0.271 e. The molecule has 162 valence electrons. The van der Waals surface area contributed by atoms with Crippen molar-refractivity contribution in [3.63, 3.8) is 0 Å². The van der Waals surface area contributed by atoms with Crippen LogP contribution in [0.5, 0.6) is 0 Å². The number of nitro benzene ring substituents is 1. The van der Waals surface area contributed by atoms with E-state index in [0.29, 0.717) is 5.56 Å². The molecule has 3 rings (SSSR count). The zero-order valence-electron chi connectivity index (χ0n) is 17.4. The molecule has 0 bridgehead atoms. The molecule has 0 aliphatic rings. The largest absolute Gasteiger partial charge is 0.350 e. The predicted molar refractivity (Wildman–Crippen MR) is 120 cm³/mol. The lowest BCUT2D eigenvalue weighted by Crippen LogP contribution is -2.48. The number of nitro groups is 1. The fourth-order valence-corrected chi connectivity index (χ4v) is 4.64. The minimum atomic E-state index is -3.89. The van der Waals surface area contributed by atoms with Gasteiger partial charge in [-0.15, -0.1) is 0 Å². The van der Waals surface area contributed by atoms with E-state index in [1.54, 1.807) is 6.92 Å². The number of carbonyl (C=O) groups excluding carboxylic acids is 1. The highest BCUT2D eigenvalue weighted by Crippen LogP contribution is 2.29. The van der Waals surface area contributed by atoms with Crippen LogP contribution in [0, 0.1) is 17.0 Å². The Morgan fingerprint density at radius 2 is 1.77 bits per heavy atom. The van der Waals surface area contributed by atoms with Gasteiger partial charge in [-0.05, 0) is 41.8 Å². The van der Waals surface area contributed by atoms with E-state index in [0.717, 1.165) is 26.9 Å². The molecule has 0 saturated heterocycles. The third-order valence-electron chi connectivity index (χ3n) is 5.01. The Morgan fingerprint density at radius 3 is 2.42 bits per heavy atom. The molecule has 8 nitrogen and oxygen atoms in total. The summed E-state index contributed by atoms with van der Waals surface area (Å²) in [6.45, 7) is 3.31. The summed E-state index contributed by atoms with van der Waals surface area (Å²) in [6, 6.07) is 16.5. The fraction of sp³-hybridized carbons (Fsp3) is 0.227. The number of nitrogens with one attached hydrogen (secondary N) is 1. The number of fused-ring (bicyclic) bond motifs is 1. The van der Waals surface area contributed by atoms with Crippen molar-refractivity contribution in [3.8, 4) is 0 Å². The molecule has 0 aliphatic heterocycles. The standard InChI is InChI=1S/C22H23N3O5S/c1-15-8-11-20(25(27)28)13-21(15)24(31(3,29)30)16(2)22(26)23-14-17-9-10-18-6-4-5-7-19(18)12-17/h4-13,16H,14H2,1-3H3,(H,23,26). The average molecular weight is 442 g/mol. The van der Waals surface area contributed by atoms with Crippen molar-refractivity contribution in [3.05, 3.63) is 81.9 Å². The molecule has 1 unspecified atom stereocenters. The summed E-state index contributed by atoms with van der Waals surface area (Å²) in [4.78, 5) is 23.4. The number of hydrogen-bond acceptors (Lipinski definition) is 5. The molecule has 0 saturated carbocycles. The highest BCUT2D eigenvalue weighted by molar-refractivity contribution is 7.92. The zero-order chi connectivity index (χ0) is 22.8. The lowest BCUT2D eigenvalue weighted by atomic mass is 10.1. The van der Waals surface area contributed by atoms with Gasteiger partial charge in [0.1, 0.15) is 6.04 Å². The van der Waals surface area contributed by atoms with Gasteiger partial charge in [0, 0.05) is 18.7 Å². The lowest BCUT2D eigenvalue weighted by molar-refractivity contribution is -0.384. The quantitative estimate of drug-likeness (QED) is 0.446. The van der Waals surface area contributed by atoms with Gasteiger partial charge in [-0.25, -0.2) is 8.42 Å². The van der Waals surface area contributed by atoms with Gasteiger partial charge in [-0.3, -0.25) is 19.2 Å². The van der Waals surface area contributed by atoms with Crippen LogP contribution in [0.1, 0.15) is 18.1 Å². The molecule has 0 aliphatic carbocycles. The summed E-state index contributed by atoms with van der Waals surface area (Å²) in [6.07, 6.45) is 0.971. The average Bonchev–Trinajstić information content (AvgIpc) is 2.72. The van der Waals surface area contributed by atoms with E-state index < -0.39 is 26.9 Å². The summed E-state index contributed by atoms with van der Waals surface area (Å²) in [5, 5.41) is 16.0. The van der Waals surface area contributed by atoms with Crippen LogP contribution in [-0.4, -0.2) is 31.5 Å². The third kappa shape index (κ3) is 5.00. The van der Waals surface area contributed by atoms with Crippen molar-refractivity contribution in [1.82, 2.24) is 5.32 Å². The number of amides is 1. The molecule has 0 spiro atoms. The first-order valence-electron chi connectivity index (χ1n) is 9.58. The monoisotopic (exact) mass is 441 g/mol. The van der Waals surface area contributed by atoms with E-state index in [9.17, 15) is 23.3 Å². The van der Waals surface area contributed by atoms with Crippen molar-refractivity contribution in [2.24, 2.45) is 0 Å². The van der Waals surface area contributed by atoms with Crippen molar-refractivity contribution >= 4 is 38.1 Å². The van der Waals surface area contributed by atoms with E-state index >= 15 is 0 Å². The number of hydrogen-bond donors (Lipinski definition) is 1. The molecule has 1 amide bonds. The van der Waals surface area contributed by atoms with E-state index in [2.05, 4.69) is 5.32 Å². The highest BCUT2D eigenvalue weighted by atomic mass is 32.2. The second kappa shape index (κ2) is 8.73. The summed E-state index contributed by atoms with van der Waals surface area (Å²) in [5.41, 5.74) is 1.23. The molecule has 0 aromatic heterocycles. The molecule has 1 N–H and O–H groups in total. The van der Waals surface area contributed by atoms with Crippen LogP contribution < -0.4 is 9.62 Å². The molecular weight excluding hydrogens is 418 g/mol. The first kappa shape index (κ1) is 22.2. The van der Waals surface area contributed by atoms with Crippen LogP contribution in [-0.2, 0) is 21.4 Å². The number of anilines is 1. The van der Waals surface area contributed by atoms with Gasteiger partial charge in [-0.2, -0.15) is 0 Å². The van der Waals surface area contributed by atoms with E-state index in [4.69, 9.17) is 0 Å². The van der Waals surface area contributed by atoms with Gasteiger partial charge >= 0.3 is 0 Å². The minimum Gasteiger partial charge on any atom is -0.350 e. The number of sulfonamides is 1. The smallest absolute Gasteiger partial charge is 0.271 e. The molecule has 1 atom stereocenters. The predicted octanol–water partition coefficient (Wildman–Crippen LogP) is 3.53. The summed E-state index contributed by atoms with van der Waals surface area (Å²) in [5.74, 6) is -0.510. The Labute approximate surface area is 180 Å². The molecule has 31 heavy (non-hydrogen) atoms. The van der Waals surface area contributed by atoms with Crippen LogP contribution in [0.3, 0.4) is 0 Å². The second-order valence-corrected chi connectivity index (χ2v) is 9.22. The number of benzene rings is 3. The first-order chi connectivity index (χ1) is 14.6. The Morgan fingerprint density at radius 1 is 1.10 bits per heavy atom. The summed E-state index contributed by atoms with van der Waals surface area (Å²) >= 11 is 0. The molecule has 0 radical (unpaired) electrons. The van der Waals surface area contributed by atoms with Crippen molar-refractivity contribution in [2.75, 3.05) is 10.6 Å². The van der Waals surface area contributed by atoms with Crippen LogP contribution in [0.4, 0.5) is 11.4 Å². The van der Waals surface area contributed by atoms with Gasteiger partial charge in [0.25, 0.3) is 5.69 Å². The molecule has 0 heterocycles. The van der Waals surface area contributed by atoms with E-state index in [1.165, 1.54) is 25.1 Å². The Kier molecular flexibility index (Phi) is 6.26. The Bertz CT molecular complexity index is 1260. The van der Waals surface area contributed by atoms with Gasteiger partial charge in [-0.1, -0.05) is 42.5 Å². The Balaban J connectivity index is 1.84. The number of rotatable bonds is 7. The third-order valence-corrected chi connectivity index (χ3v) is 6.24. The maximum atomic E-state index is 12.8. The maximum absolute atomic E-state index is 12.8. The van der Waals surface area contributed by atoms with Crippen LogP contribution in [0.2, 0.25) is 0 Å². The molecule has 3 aromatic carbocycles. The molecule has 0 fully saturated rings. The topological polar surface area (TPSA) is 110 Å². The first-order valence-corrected chi connectivity index (χ1v) is 11.4. The number of non-ortho nitro benzene ring substituents is 1. The highest BCUT2D eigenvalue weighted by Gasteiger charge is 2.31. The van der Waals surface area contributed by atoms with Crippen molar-refractivity contribution in [1.29, 1.82) is 0 Å². The van der Waals surface area contributed by atoms with Crippen LogP contribution in [0.15, 0.2) is 60.7 Å². The van der Waals surface area contributed by atoms with Gasteiger partial charge in [0.2, 0.25) is 15.9 Å². The summed E-state index contributed by atoms with van der Waals surface area (Å²) < 4.78 is 25.9. The van der Waals surface area contributed by atoms with Gasteiger partial charge in [0.15, 0.2) is 0 Å². The van der Waals surface area contributed by atoms with Crippen molar-refractivity contribution < 1.29 is 18.1 Å². The number of nitrogens with zero attached hydrogens (tertiary/aromatic N) is 2. The second-order valence-electron chi connectivity index (χ2n) is 7.36. The van der Waals surface area contributed by atoms with Crippen LogP contribution in [0.25, 0.3) is 10.8 Å². The molecule has 9 heteroatoms. The normalized spacial score (nSPS) is 12.4. The SMILES string of the molecule is Cc1ccc([N+](=O)[O-])cc1N(C(C)C(=O)NCc1ccc2ccccc2c1)S(C)(=O)=O. The zero-order valence-corrected chi connectivity index (χ0v) is 18.2. The lowest BCUT2D eigenvalue weighted by Gasteiger charge is -2.29. The number of aryl methyl sites for hydroxylation is 1. The molecular formula is C22H23N3O5S. The van der Waals surface area contributed by atoms with E-state index in [-0.39, 0.29) is 17.9 Å². The van der Waals surface area contributed by atoms with Crippen molar-refractivity contribution in [2.45, 2.75) is 26.4 Å². The van der Waals surface area contributed by atoms with Gasteiger partial charge in [0.05, 0.1) is 16.9 Å². The summed E-state index contributed by atoms with van der Waals surface area (Å²) in [7, 11) is -3.89. The van der Waals surface area contributed by atoms with Crippen LogP contribution >= 0.6 is 0 Å². The number of carbonyl (C=O) groups is 1. The fourth-order valence-electron chi connectivity index (χ4n) is 3.42. The van der Waals surface area contributed by atoms with Gasteiger partial charge < -0.3 is 5.32 Å². The van der Waals surface area contributed by atoms with E-state index in [1.807, 2.05) is 42.5 Å². The molecule has 3 aromatic rings. The minimum absolute atomic E-state index is 0.102.